The van der Waals surface area contributed by atoms with Crippen molar-refractivity contribution < 1.29 is 32.3 Å². The van der Waals surface area contributed by atoms with E-state index in [0.717, 1.165) is 24.3 Å². The van der Waals surface area contributed by atoms with Crippen LogP contribution in [-0.4, -0.2) is 36.1 Å². The molecular weight excluding hydrogens is 403 g/mol. The smallest absolute Gasteiger partial charge is 0.416 e. The van der Waals surface area contributed by atoms with Crippen LogP contribution < -0.4 is 16.0 Å². The Morgan fingerprint density at radius 3 is 2.07 bits per heavy atom. The molecule has 0 aromatic heterocycles. The lowest BCUT2D eigenvalue weighted by Crippen LogP contribution is -2.50. The van der Waals surface area contributed by atoms with Crippen LogP contribution in [0.5, 0.6) is 0 Å². The van der Waals surface area contributed by atoms with Gasteiger partial charge in [-0.05, 0) is 57.4 Å². The molecule has 1 atom stereocenters. The second-order valence-electron chi connectivity index (χ2n) is 8.16. The van der Waals surface area contributed by atoms with Gasteiger partial charge in [0.25, 0.3) is 0 Å². The number of halogens is 3. The van der Waals surface area contributed by atoms with E-state index in [4.69, 9.17) is 4.74 Å². The molecule has 0 heterocycles. The molecule has 1 aromatic carbocycles. The third kappa shape index (κ3) is 9.62. The third-order valence-corrected chi connectivity index (χ3v) is 3.63. The first kappa shape index (κ1) is 25.3. The van der Waals surface area contributed by atoms with E-state index in [1.165, 1.54) is 0 Å². The molecule has 3 amide bonds. The summed E-state index contributed by atoms with van der Waals surface area (Å²) in [5, 5.41) is 7.29. The molecule has 1 rings (SSSR count). The fourth-order valence-electron chi connectivity index (χ4n) is 2.43. The van der Waals surface area contributed by atoms with Crippen molar-refractivity contribution in [2.75, 3.05) is 11.9 Å². The number of carbonyl (C=O) groups excluding carboxylic acids is 3. The molecule has 1 aromatic rings. The van der Waals surface area contributed by atoms with Gasteiger partial charge in [0, 0.05) is 5.69 Å². The number of alkyl halides is 3. The van der Waals surface area contributed by atoms with Crippen LogP contribution in [0, 0.1) is 5.92 Å². The highest BCUT2D eigenvalue weighted by molar-refractivity contribution is 5.94. The van der Waals surface area contributed by atoms with Gasteiger partial charge < -0.3 is 20.7 Å². The van der Waals surface area contributed by atoms with Crippen LogP contribution in [0.1, 0.15) is 46.6 Å². The van der Waals surface area contributed by atoms with Crippen molar-refractivity contribution in [1.29, 1.82) is 0 Å². The fraction of sp³-hybridized carbons (Fsp3) is 0.550. The highest BCUT2D eigenvalue weighted by Crippen LogP contribution is 2.29. The maximum absolute atomic E-state index is 12.6. The summed E-state index contributed by atoms with van der Waals surface area (Å²) in [4.78, 5) is 36.4. The van der Waals surface area contributed by atoms with Crippen molar-refractivity contribution in [2.45, 2.75) is 58.9 Å². The van der Waals surface area contributed by atoms with Crippen molar-refractivity contribution in [3.05, 3.63) is 29.8 Å². The van der Waals surface area contributed by atoms with E-state index in [9.17, 15) is 27.6 Å². The number of ether oxygens (including phenoxy) is 1. The first-order chi connectivity index (χ1) is 13.7. The summed E-state index contributed by atoms with van der Waals surface area (Å²) >= 11 is 0. The Kier molecular flexibility index (Phi) is 8.68. The minimum Gasteiger partial charge on any atom is -0.459 e. The van der Waals surface area contributed by atoms with Crippen molar-refractivity contribution in [3.8, 4) is 0 Å². The minimum absolute atomic E-state index is 0.0497. The second-order valence-corrected chi connectivity index (χ2v) is 8.16. The van der Waals surface area contributed by atoms with Crippen molar-refractivity contribution in [1.82, 2.24) is 10.6 Å². The molecule has 168 valence electrons. The lowest BCUT2D eigenvalue weighted by molar-refractivity contribution is -0.154. The largest absolute Gasteiger partial charge is 0.459 e. The summed E-state index contributed by atoms with van der Waals surface area (Å²) in [7, 11) is 0. The average molecular weight is 431 g/mol. The highest BCUT2D eigenvalue weighted by Gasteiger charge is 2.30. The number of carbonyl (C=O) groups is 3. The summed E-state index contributed by atoms with van der Waals surface area (Å²) in [6.45, 7) is 8.43. The Morgan fingerprint density at radius 1 is 1.03 bits per heavy atom. The number of amides is 3. The molecule has 3 N–H and O–H groups in total. The predicted octanol–water partition coefficient (Wildman–Crippen LogP) is 3.70. The van der Waals surface area contributed by atoms with E-state index in [2.05, 4.69) is 16.0 Å². The summed E-state index contributed by atoms with van der Waals surface area (Å²) < 4.78 is 42.9. The summed E-state index contributed by atoms with van der Waals surface area (Å²) in [6.07, 6.45) is -4.18. The Balaban J connectivity index is 2.69. The monoisotopic (exact) mass is 431 g/mol. The molecule has 30 heavy (non-hydrogen) atoms. The van der Waals surface area contributed by atoms with Gasteiger partial charge in [0.1, 0.15) is 18.2 Å². The minimum atomic E-state index is -4.48. The molecular formula is C20H28F3N3O4. The molecule has 0 aliphatic rings. The molecule has 0 radical (unpaired) electrons. The first-order valence-corrected chi connectivity index (χ1v) is 9.41. The Morgan fingerprint density at radius 2 is 1.60 bits per heavy atom. The third-order valence-electron chi connectivity index (χ3n) is 3.63. The molecule has 0 spiro atoms. The predicted molar refractivity (Wildman–Crippen MR) is 106 cm³/mol. The Hall–Kier alpha value is -2.78. The van der Waals surface area contributed by atoms with Gasteiger partial charge in [0.2, 0.25) is 5.91 Å². The quantitative estimate of drug-likeness (QED) is 0.574. The number of nitrogens with one attached hydrogen (secondary N) is 3. The summed E-state index contributed by atoms with van der Waals surface area (Å²) in [6, 6.07) is 2.21. The van der Waals surface area contributed by atoms with E-state index >= 15 is 0 Å². The maximum atomic E-state index is 12.6. The number of hydrogen-bond donors (Lipinski definition) is 3. The highest BCUT2D eigenvalue weighted by atomic mass is 19.4. The average Bonchev–Trinajstić information content (AvgIpc) is 2.56. The van der Waals surface area contributed by atoms with E-state index in [1.54, 1.807) is 20.8 Å². The molecule has 7 nitrogen and oxygen atoms in total. The topological polar surface area (TPSA) is 96.5 Å². The van der Waals surface area contributed by atoms with Gasteiger partial charge in [-0.1, -0.05) is 13.8 Å². The van der Waals surface area contributed by atoms with Crippen LogP contribution in [0.25, 0.3) is 0 Å². The molecule has 0 bridgehead atoms. The molecule has 0 aliphatic carbocycles. The molecule has 0 fully saturated rings. The van der Waals surface area contributed by atoms with Gasteiger partial charge in [0.05, 0.1) is 5.56 Å². The molecule has 0 aliphatic heterocycles. The fourth-order valence-corrected chi connectivity index (χ4v) is 2.43. The van der Waals surface area contributed by atoms with E-state index in [0.29, 0.717) is 6.42 Å². The van der Waals surface area contributed by atoms with Crippen LogP contribution >= 0.6 is 0 Å². The van der Waals surface area contributed by atoms with Gasteiger partial charge in [-0.2, -0.15) is 13.2 Å². The molecule has 10 heteroatoms. The van der Waals surface area contributed by atoms with Crippen LogP contribution in [0.2, 0.25) is 0 Å². The first-order valence-electron chi connectivity index (χ1n) is 9.41. The molecule has 0 unspecified atom stereocenters. The molecule has 0 saturated heterocycles. The Bertz CT molecular complexity index is 741. The zero-order chi connectivity index (χ0) is 23.1. The van der Waals surface area contributed by atoms with Gasteiger partial charge in [0.15, 0.2) is 0 Å². The second kappa shape index (κ2) is 10.3. The number of urea groups is 1. The molecule has 0 saturated carbocycles. The summed E-state index contributed by atoms with van der Waals surface area (Å²) in [5.41, 5.74) is -1.40. The van der Waals surface area contributed by atoms with Gasteiger partial charge in [-0.15, -0.1) is 0 Å². The van der Waals surface area contributed by atoms with E-state index in [1.807, 2.05) is 13.8 Å². The van der Waals surface area contributed by atoms with Gasteiger partial charge >= 0.3 is 18.2 Å². The van der Waals surface area contributed by atoms with Crippen LogP contribution in [-0.2, 0) is 20.5 Å². The zero-order valence-electron chi connectivity index (χ0n) is 17.6. The lowest BCUT2D eigenvalue weighted by Gasteiger charge is -2.22. The van der Waals surface area contributed by atoms with Gasteiger partial charge in [-0.3, -0.25) is 9.59 Å². The number of hydrogen-bond acceptors (Lipinski definition) is 4. The maximum Gasteiger partial charge on any atom is 0.416 e. The number of esters is 1. The number of rotatable bonds is 7. The van der Waals surface area contributed by atoms with Crippen molar-refractivity contribution >= 4 is 23.6 Å². The van der Waals surface area contributed by atoms with Crippen molar-refractivity contribution in [3.63, 3.8) is 0 Å². The number of benzene rings is 1. The van der Waals surface area contributed by atoms with Crippen LogP contribution in [0.4, 0.5) is 23.7 Å². The zero-order valence-corrected chi connectivity index (χ0v) is 17.6. The normalized spacial score (nSPS) is 12.8. The standard InChI is InChI=1S/C20H28F3N3O4/c1-12(2)10-15(17(28)24-11-16(27)30-19(3,4)5)26-18(29)25-14-8-6-13(7-9-14)20(21,22)23/h6-9,12,15H,10-11H2,1-5H3,(H,24,28)(H2,25,26,29)/t15-/m0/s1. The SMILES string of the molecule is CC(C)C[C@H](NC(=O)Nc1ccc(C(F)(F)F)cc1)C(=O)NCC(=O)OC(C)(C)C. The number of anilines is 1. The van der Waals surface area contributed by atoms with E-state index < -0.39 is 41.3 Å². The van der Waals surface area contributed by atoms with Crippen LogP contribution in [0.15, 0.2) is 24.3 Å². The van der Waals surface area contributed by atoms with E-state index in [-0.39, 0.29) is 18.2 Å². The van der Waals surface area contributed by atoms with Crippen molar-refractivity contribution in [2.24, 2.45) is 5.92 Å². The summed E-state index contributed by atoms with van der Waals surface area (Å²) in [5.74, 6) is -1.14. The van der Waals surface area contributed by atoms with Crippen LogP contribution in [0.3, 0.4) is 0 Å². The lowest BCUT2D eigenvalue weighted by atomic mass is 10.0. The van der Waals surface area contributed by atoms with Gasteiger partial charge in [-0.25, -0.2) is 4.79 Å². The Labute approximate surface area is 173 Å².